The van der Waals surface area contributed by atoms with Gasteiger partial charge in [0.05, 0.1) is 0 Å². The van der Waals surface area contributed by atoms with Crippen molar-refractivity contribution in [3.05, 3.63) is 72.1 Å². The predicted molar refractivity (Wildman–Crippen MR) is 81.6 cm³/mol. The van der Waals surface area contributed by atoms with Gasteiger partial charge in [-0.15, -0.1) is 0 Å². The number of carbonyl (C=O) groups excluding carboxylic acids is 1. The van der Waals surface area contributed by atoms with E-state index in [0.717, 1.165) is 11.8 Å². The number of pyridine rings is 1. The fourth-order valence-electron chi connectivity index (χ4n) is 2.08. The van der Waals surface area contributed by atoms with Crippen molar-refractivity contribution in [2.24, 2.45) is 0 Å². The normalized spacial score (nSPS) is 11.0. The van der Waals surface area contributed by atoms with Crippen molar-refractivity contribution in [3.8, 4) is 5.88 Å². The first-order valence-electron chi connectivity index (χ1n) is 6.65. The molecule has 0 aliphatic rings. The molecule has 0 aliphatic heterocycles. The van der Waals surface area contributed by atoms with Crippen LogP contribution in [-0.2, 0) is 0 Å². The van der Waals surface area contributed by atoms with Gasteiger partial charge in [0.15, 0.2) is 6.29 Å². The lowest BCUT2D eigenvalue weighted by Crippen LogP contribution is -1.97. The van der Waals surface area contributed by atoms with Gasteiger partial charge in [-0.1, -0.05) is 42.5 Å². The highest BCUT2D eigenvalue weighted by atomic mass is 16.5. The Balaban J connectivity index is 1.73. The Bertz CT molecular complexity index is 776. The minimum atomic E-state index is 0.355. The Morgan fingerprint density at radius 1 is 1.10 bits per heavy atom. The number of rotatable bonds is 5. The Kier molecular flexibility index (Phi) is 3.78. The smallest absolute Gasteiger partial charge is 0.244 e. The van der Waals surface area contributed by atoms with Gasteiger partial charge in [-0.25, -0.2) is 0 Å². The van der Waals surface area contributed by atoms with Gasteiger partial charge < -0.3 is 4.74 Å². The van der Waals surface area contributed by atoms with E-state index in [2.05, 4.69) is 4.98 Å². The van der Waals surface area contributed by atoms with Gasteiger partial charge in [0, 0.05) is 6.20 Å². The van der Waals surface area contributed by atoms with E-state index in [1.54, 1.807) is 10.6 Å². The summed E-state index contributed by atoms with van der Waals surface area (Å²) >= 11 is 0. The Labute approximate surface area is 122 Å². The molecule has 4 nitrogen and oxygen atoms in total. The van der Waals surface area contributed by atoms with Crippen molar-refractivity contribution in [3.63, 3.8) is 0 Å². The lowest BCUT2D eigenvalue weighted by atomic mass is 10.2. The van der Waals surface area contributed by atoms with Crippen LogP contribution in [0.5, 0.6) is 5.88 Å². The highest BCUT2D eigenvalue weighted by Gasteiger charge is 2.11. The number of aromatic nitrogens is 2. The van der Waals surface area contributed by atoms with Crippen LogP contribution in [0.4, 0.5) is 0 Å². The molecule has 0 radical (unpaired) electrons. The molecular weight excluding hydrogens is 264 g/mol. The zero-order valence-electron chi connectivity index (χ0n) is 11.3. The van der Waals surface area contributed by atoms with Gasteiger partial charge in [0.2, 0.25) is 5.88 Å². The van der Waals surface area contributed by atoms with Crippen LogP contribution in [0, 0.1) is 0 Å². The van der Waals surface area contributed by atoms with Gasteiger partial charge in [-0.3, -0.25) is 9.20 Å². The van der Waals surface area contributed by atoms with Crippen LogP contribution in [0.1, 0.15) is 16.1 Å². The summed E-state index contributed by atoms with van der Waals surface area (Å²) in [6.45, 7) is 0.361. The first kappa shape index (κ1) is 13.1. The summed E-state index contributed by atoms with van der Waals surface area (Å²) in [5, 5.41) is 0. The lowest BCUT2D eigenvalue weighted by molar-refractivity contribution is 0.111. The molecule has 0 bridgehead atoms. The molecular formula is C17H14N2O2. The molecule has 104 valence electrons. The van der Waals surface area contributed by atoms with Gasteiger partial charge >= 0.3 is 0 Å². The molecule has 0 unspecified atom stereocenters. The molecule has 21 heavy (non-hydrogen) atoms. The van der Waals surface area contributed by atoms with E-state index in [0.29, 0.717) is 23.8 Å². The third kappa shape index (κ3) is 2.84. The maximum atomic E-state index is 11.2. The van der Waals surface area contributed by atoms with Crippen LogP contribution in [0.3, 0.4) is 0 Å². The number of ether oxygens (including phenoxy) is 1. The molecule has 0 N–H and O–H groups in total. The second-order valence-electron chi connectivity index (χ2n) is 4.47. The van der Waals surface area contributed by atoms with E-state index >= 15 is 0 Å². The van der Waals surface area contributed by atoms with Crippen LogP contribution in [0.15, 0.2) is 60.8 Å². The van der Waals surface area contributed by atoms with E-state index in [9.17, 15) is 4.79 Å². The van der Waals surface area contributed by atoms with Crippen LogP contribution < -0.4 is 4.74 Å². The Morgan fingerprint density at radius 2 is 1.90 bits per heavy atom. The largest absolute Gasteiger partial charge is 0.472 e. The molecule has 2 aromatic heterocycles. The van der Waals surface area contributed by atoms with Crippen molar-refractivity contribution in [1.29, 1.82) is 0 Å². The summed E-state index contributed by atoms with van der Waals surface area (Å²) in [5.41, 5.74) is 2.23. The maximum Gasteiger partial charge on any atom is 0.244 e. The third-order valence-electron chi connectivity index (χ3n) is 3.07. The first-order chi connectivity index (χ1) is 10.4. The van der Waals surface area contributed by atoms with Crippen LogP contribution in [-0.4, -0.2) is 22.3 Å². The van der Waals surface area contributed by atoms with Crippen LogP contribution in [0.2, 0.25) is 0 Å². The first-order valence-corrected chi connectivity index (χ1v) is 6.65. The van der Waals surface area contributed by atoms with Gasteiger partial charge in [-0.2, -0.15) is 4.98 Å². The molecule has 4 heteroatoms. The van der Waals surface area contributed by atoms with E-state index < -0.39 is 0 Å². The summed E-state index contributed by atoms with van der Waals surface area (Å²) < 4.78 is 7.30. The molecule has 3 rings (SSSR count). The second-order valence-corrected chi connectivity index (χ2v) is 4.47. The quantitative estimate of drug-likeness (QED) is 0.673. The minimum Gasteiger partial charge on any atom is -0.472 e. The molecule has 2 heterocycles. The maximum absolute atomic E-state index is 11.2. The molecule has 0 fully saturated rings. The van der Waals surface area contributed by atoms with Crippen molar-refractivity contribution in [2.75, 3.05) is 6.61 Å². The van der Waals surface area contributed by atoms with Gasteiger partial charge in [0.1, 0.15) is 17.9 Å². The van der Waals surface area contributed by atoms with Crippen LogP contribution in [0.25, 0.3) is 11.7 Å². The van der Waals surface area contributed by atoms with E-state index in [1.165, 1.54) is 0 Å². The monoisotopic (exact) mass is 278 g/mol. The SMILES string of the molecule is O=Cc1c(OC/C=C/c2ccccc2)nc2ccccn12. The van der Waals surface area contributed by atoms with E-state index in [1.807, 2.05) is 60.7 Å². The summed E-state index contributed by atoms with van der Waals surface area (Å²) in [5.74, 6) is 0.355. The number of hydrogen-bond acceptors (Lipinski definition) is 3. The molecule has 0 saturated heterocycles. The molecule has 0 amide bonds. The fraction of sp³-hybridized carbons (Fsp3) is 0.0588. The second kappa shape index (κ2) is 6.05. The highest BCUT2D eigenvalue weighted by molar-refractivity contribution is 5.78. The minimum absolute atomic E-state index is 0.355. The fourth-order valence-corrected chi connectivity index (χ4v) is 2.08. The Morgan fingerprint density at radius 3 is 2.71 bits per heavy atom. The summed E-state index contributed by atoms with van der Waals surface area (Å²) in [7, 11) is 0. The van der Waals surface area contributed by atoms with Gasteiger partial charge in [-0.05, 0) is 23.8 Å². The number of aldehydes is 1. The number of carbonyl (C=O) groups is 1. The van der Waals surface area contributed by atoms with Gasteiger partial charge in [0.25, 0.3) is 0 Å². The lowest BCUT2D eigenvalue weighted by Gasteiger charge is -1.99. The van der Waals surface area contributed by atoms with E-state index in [-0.39, 0.29) is 0 Å². The van der Waals surface area contributed by atoms with Crippen LogP contribution >= 0.6 is 0 Å². The molecule has 1 aromatic carbocycles. The van der Waals surface area contributed by atoms with E-state index in [4.69, 9.17) is 4.74 Å². The average Bonchev–Trinajstić information content (AvgIpc) is 2.90. The number of nitrogens with zero attached hydrogens (tertiary/aromatic N) is 2. The summed E-state index contributed by atoms with van der Waals surface area (Å²) in [6.07, 6.45) is 6.42. The molecule has 0 atom stereocenters. The molecule has 3 aromatic rings. The number of hydrogen-bond donors (Lipinski definition) is 0. The summed E-state index contributed by atoms with van der Waals surface area (Å²) in [6, 6.07) is 15.5. The number of fused-ring (bicyclic) bond motifs is 1. The topological polar surface area (TPSA) is 43.6 Å². The zero-order chi connectivity index (χ0) is 14.5. The predicted octanol–water partition coefficient (Wildman–Crippen LogP) is 3.24. The third-order valence-corrected chi connectivity index (χ3v) is 3.07. The number of imidazole rings is 1. The van der Waals surface area contributed by atoms with Crippen molar-refractivity contribution in [1.82, 2.24) is 9.38 Å². The standard InChI is InChI=1S/C17H14N2O2/c20-13-15-17(18-16-10-4-5-11-19(15)16)21-12-6-9-14-7-2-1-3-8-14/h1-11,13H,12H2/b9-6+. The molecule has 0 spiro atoms. The van der Waals surface area contributed by atoms with Crippen molar-refractivity contribution < 1.29 is 9.53 Å². The molecule has 0 saturated carbocycles. The Hall–Kier alpha value is -2.88. The molecule has 0 aliphatic carbocycles. The van der Waals surface area contributed by atoms with Crippen molar-refractivity contribution in [2.45, 2.75) is 0 Å². The average molecular weight is 278 g/mol. The highest BCUT2D eigenvalue weighted by Crippen LogP contribution is 2.18. The summed E-state index contributed by atoms with van der Waals surface area (Å²) in [4.78, 5) is 15.5. The zero-order valence-corrected chi connectivity index (χ0v) is 11.3. The number of benzene rings is 1. The van der Waals surface area contributed by atoms with Crippen molar-refractivity contribution >= 4 is 18.0 Å².